The first kappa shape index (κ1) is 14.7. The van der Waals surface area contributed by atoms with Crippen LogP contribution >= 0.6 is 7.74 Å². The molecule has 2 aliphatic rings. The first-order valence-electron chi connectivity index (χ1n) is 7.38. The molecule has 0 aliphatic carbocycles. The molecule has 1 fully saturated rings. The van der Waals surface area contributed by atoms with Gasteiger partial charge in [-0.3, -0.25) is 0 Å². The number of benzene rings is 2. The molecule has 4 rings (SSSR count). The Balaban J connectivity index is 1.86. The van der Waals surface area contributed by atoms with Gasteiger partial charge in [0.05, 0.1) is 0 Å². The third-order valence-corrected chi connectivity index (χ3v) is 6.51. The van der Waals surface area contributed by atoms with E-state index >= 15 is 0 Å². The quantitative estimate of drug-likeness (QED) is 0.781. The van der Waals surface area contributed by atoms with Crippen LogP contribution in [0.1, 0.15) is 11.1 Å². The standard InChI is InChI=1S/C17H17O5P/c1-18-23(19-12-13-20-23)21-16(14-8-4-2-5-9-14)17(22-23)15-10-6-3-7-11-15/h2-11H,12-13H2,1H3. The summed E-state index contributed by atoms with van der Waals surface area (Å²) in [6, 6.07) is 19.5. The molecular weight excluding hydrogens is 315 g/mol. The van der Waals surface area contributed by atoms with Crippen LogP contribution in [0.15, 0.2) is 60.7 Å². The van der Waals surface area contributed by atoms with Gasteiger partial charge in [0.25, 0.3) is 0 Å². The fourth-order valence-corrected chi connectivity index (χ4v) is 5.04. The van der Waals surface area contributed by atoms with Crippen LogP contribution < -0.4 is 0 Å². The Hall–Kier alpha value is -1.91. The summed E-state index contributed by atoms with van der Waals surface area (Å²) in [6.45, 7) is 0.742. The van der Waals surface area contributed by atoms with Crippen molar-refractivity contribution < 1.29 is 22.6 Å². The minimum atomic E-state index is -4.04. The van der Waals surface area contributed by atoms with Crippen LogP contribution in [0.5, 0.6) is 0 Å². The van der Waals surface area contributed by atoms with E-state index in [1.165, 1.54) is 7.11 Å². The van der Waals surface area contributed by atoms with E-state index in [1.807, 2.05) is 60.7 Å². The monoisotopic (exact) mass is 332 g/mol. The predicted molar refractivity (Wildman–Crippen MR) is 87.7 cm³/mol. The summed E-state index contributed by atoms with van der Waals surface area (Å²) in [5.41, 5.74) is 1.76. The van der Waals surface area contributed by atoms with Gasteiger partial charge in [0, 0.05) is 0 Å². The summed E-state index contributed by atoms with van der Waals surface area (Å²) in [5.74, 6) is 1.14. The zero-order valence-corrected chi connectivity index (χ0v) is 13.6. The second-order valence-electron chi connectivity index (χ2n) is 5.17. The number of rotatable bonds is 3. The summed E-state index contributed by atoms with van der Waals surface area (Å²) in [5, 5.41) is 0. The van der Waals surface area contributed by atoms with E-state index in [0.29, 0.717) is 24.7 Å². The van der Waals surface area contributed by atoms with Gasteiger partial charge in [0.15, 0.2) is 0 Å². The molecule has 0 amide bonds. The molecule has 2 aliphatic heterocycles. The predicted octanol–water partition coefficient (Wildman–Crippen LogP) is 4.38. The Labute approximate surface area is 134 Å². The molecule has 1 saturated heterocycles. The van der Waals surface area contributed by atoms with Gasteiger partial charge in [-0.2, -0.15) is 0 Å². The fraction of sp³-hybridized carbons (Fsp3) is 0.176. The Morgan fingerprint density at radius 3 is 1.57 bits per heavy atom. The van der Waals surface area contributed by atoms with Crippen LogP contribution in [-0.4, -0.2) is 20.3 Å². The maximum atomic E-state index is 6.12. The van der Waals surface area contributed by atoms with Crippen molar-refractivity contribution in [2.45, 2.75) is 0 Å². The first-order valence-corrected chi connectivity index (χ1v) is 9.20. The van der Waals surface area contributed by atoms with Crippen molar-refractivity contribution in [1.29, 1.82) is 0 Å². The molecule has 5 nitrogen and oxygen atoms in total. The molecule has 2 heterocycles. The molecule has 0 radical (unpaired) electrons. The molecule has 0 atom stereocenters. The summed E-state index contributed by atoms with van der Waals surface area (Å²) >= 11 is 0. The Bertz CT molecular complexity index is 683. The van der Waals surface area contributed by atoms with E-state index < -0.39 is 7.74 Å². The van der Waals surface area contributed by atoms with Gasteiger partial charge < -0.3 is 0 Å². The summed E-state index contributed by atoms with van der Waals surface area (Å²) < 4.78 is 29.3. The Morgan fingerprint density at radius 2 is 1.17 bits per heavy atom. The average molecular weight is 332 g/mol. The van der Waals surface area contributed by atoms with Crippen LogP contribution in [0, 0.1) is 0 Å². The molecule has 0 unspecified atom stereocenters. The van der Waals surface area contributed by atoms with Crippen molar-refractivity contribution in [2.24, 2.45) is 0 Å². The Kier molecular flexibility index (Phi) is 3.39. The SMILES string of the molecule is COP12(OCCO1)OC(c1ccccc1)=C(c1ccccc1)O2. The first-order chi connectivity index (χ1) is 11.2. The van der Waals surface area contributed by atoms with E-state index in [-0.39, 0.29) is 0 Å². The number of hydrogen-bond acceptors (Lipinski definition) is 5. The number of hydrogen-bond donors (Lipinski definition) is 0. The molecule has 2 aromatic rings. The van der Waals surface area contributed by atoms with Crippen LogP contribution in [0.25, 0.3) is 11.5 Å². The average Bonchev–Trinajstić information content (AvgIpc) is 3.21. The van der Waals surface area contributed by atoms with E-state index in [9.17, 15) is 0 Å². The topological polar surface area (TPSA) is 46.2 Å². The van der Waals surface area contributed by atoms with Gasteiger partial charge in [-0.25, -0.2) is 0 Å². The van der Waals surface area contributed by atoms with E-state index in [0.717, 1.165) is 11.1 Å². The van der Waals surface area contributed by atoms with E-state index in [4.69, 9.17) is 22.6 Å². The van der Waals surface area contributed by atoms with Crippen LogP contribution in [0.3, 0.4) is 0 Å². The molecule has 0 N–H and O–H groups in total. The molecule has 0 saturated carbocycles. The van der Waals surface area contributed by atoms with Crippen molar-refractivity contribution in [2.75, 3.05) is 20.3 Å². The van der Waals surface area contributed by atoms with Gasteiger partial charge in [-0.1, -0.05) is 0 Å². The second kappa shape index (κ2) is 5.32. The third-order valence-electron chi connectivity index (χ3n) is 3.74. The maximum absolute atomic E-state index is 6.12. The van der Waals surface area contributed by atoms with Crippen molar-refractivity contribution in [3.63, 3.8) is 0 Å². The summed E-state index contributed by atoms with van der Waals surface area (Å²) in [6.07, 6.45) is 0. The van der Waals surface area contributed by atoms with Gasteiger partial charge >= 0.3 is 134 Å². The molecule has 1 spiro atoms. The zero-order chi connectivity index (χ0) is 15.8. The molecular formula is C17H17O5P. The minimum absolute atomic E-state index is 0.371. The van der Waals surface area contributed by atoms with Crippen molar-refractivity contribution >= 4 is 19.3 Å². The van der Waals surface area contributed by atoms with E-state index in [2.05, 4.69) is 0 Å². The van der Waals surface area contributed by atoms with Gasteiger partial charge in [0.2, 0.25) is 0 Å². The van der Waals surface area contributed by atoms with Gasteiger partial charge in [-0.15, -0.1) is 0 Å². The molecule has 0 bridgehead atoms. The van der Waals surface area contributed by atoms with Gasteiger partial charge in [-0.05, 0) is 0 Å². The Morgan fingerprint density at radius 1 is 0.739 bits per heavy atom. The van der Waals surface area contributed by atoms with Crippen LogP contribution in [0.4, 0.5) is 0 Å². The third kappa shape index (κ3) is 2.33. The molecule has 120 valence electrons. The van der Waals surface area contributed by atoms with Gasteiger partial charge in [0.1, 0.15) is 0 Å². The molecule has 0 aromatic heterocycles. The molecule has 23 heavy (non-hydrogen) atoms. The second-order valence-corrected chi connectivity index (χ2v) is 7.90. The van der Waals surface area contributed by atoms with Crippen LogP contribution in [-0.2, 0) is 22.6 Å². The normalized spacial score (nSPS) is 23.1. The van der Waals surface area contributed by atoms with Crippen molar-refractivity contribution in [1.82, 2.24) is 0 Å². The fourth-order valence-electron chi connectivity index (χ4n) is 2.64. The zero-order valence-electron chi connectivity index (χ0n) is 12.7. The van der Waals surface area contributed by atoms with Crippen molar-refractivity contribution in [3.8, 4) is 0 Å². The molecule has 2 aromatic carbocycles. The molecule has 6 heteroatoms. The summed E-state index contributed by atoms with van der Waals surface area (Å²) in [7, 11) is -2.56. The van der Waals surface area contributed by atoms with Crippen molar-refractivity contribution in [3.05, 3.63) is 71.8 Å². The van der Waals surface area contributed by atoms with E-state index in [1.54, 1.807) is 0 Å². The summed E-state index contributed by atoms with van der Waals surface area (Å²) in [4.78, 5) is 0. The van der Waals surface area contributed by atoms with Crippen LogP contribution in [0.2, 0.25) is 0 Å².